The monoisotopic (exact) mass is 318 g/mol. The van der Waals surface area contributed by atoms with Crippen molar-refractivity contribution in [3.63, 3.8) is 0 Å². The first-order valence-corrected chi connectivity index (χ1v) is 8.19. The quantitative estimate of drug-likeness (QED) is 0.899. The lowest BCUT2D eigenvalue weighted by Crippen LogP contribution is -2.43. The Bertz CT molecular complexity index is 607. The van der Waals surface area contributed by atoms with E-state index in [1.165, 1.54) is 5.56 Å². The number of benzene rings is 1. The van der Waals surface area contributed by atoms with Gasteiger partial charge < -0.3 is 20.1 Å². The summed E-state index contributed by atoms with van der Waals surface area (Å²) in [6, 6.07) is 8.61. The lowest BCUT2D eigenvalue weighted by molar-refractivity contribution is 0.0520. The molecule has 0 bridgehead atoms. The lowest BCUT2D eigenvalue weighted by Gasteiger charge is -2.27. The zero-order valence-electron chi connectivity index (χ0n) is 14.5. The number of hydrogen-bond donors (Lipinski definition) is 2. The van der Waals surface area contributed by atoms with E-state index in [-0.39, 0.29) is 29.8 Å². The lowest BCUT2D eigenvalue weighted by atomic mass is 9.94. The number of ether oxygens (including phenoxy) is 2. The Labute approximate surface area is 137 Å². The highest BCUT2D eigenvalue weighted by molar-refractivity contribution is 5.68. The van der Waals surface area contributed by atoms with Crippen molar-refractivity contribution in [2.24, 2.45) is 0 Å². The molecule has 2 aliphatic rings. The number of nitrogens with one attached hydrogen (secondary N) is 2. The minimum Gasteiger partial charge on any atom is -0.486 e. The maximum Gasteiger partial charge on any atom is 0.407 e. The van der Waals surface area contributed by atoms with E-state index in [0.29, 0.717) is 0 Å². The molecule has 0 spiro atoms. The summed E-state index contributed by atoms with van der Waals surface area (Å²) in [5.74, 6) is 0.937. The summed E-state index contributed by atoms with van der Waals surface area (Å²) in [5, 5.41) is 6.54. The number of amides is 1. The molecule has 5 nitrogen and oxygen atoms in total. The third kappa shape index (κ3) is 3.61. The van der Waals surface area contributed by atoms with E-state index in [1.54, 1.807) is 0 Å². The molecule has 1 aromatic rings. The molecule has 23 heavy (non-hydrogen) atoms. The van der Waals surface area contributed by atoms with Crippen LogP contribution in [0.2, 0.25) is 0 Å². The fraction of sp³-hybridized carbons (Fsp3) is 0.611. The van der Waals surface area contributed by atoms with Crippen LogP contribution in [0.3, 0.4) is 0 Å². The van der Waals surface area contributed by atoms with Gasteiger partial charge in [-0.05, 0) is 47.1 Å². The van der Waals surface area contributed by atoms with Crippen molar-refractivity contribution < 1.29 is 14.3 Å². The van der Waals surface area contributed by atoms with Crippen molar-refractivity contribution in [3.05, 3.63) is 29.8 Å². The molecule has 1 aromatic carbocycles. The van der Waals surface area contributed by atoms with Gasteiger partial charge in [-0.25, -0.2) is 4.79 Å². The van der Waals surface area contributed by atoms with E-state index in [1.807, 2.05) is 39.0 Å². The molecule has 126 valence electrons. The van der Waals surface area contributed by atoms with Gasteiger partial charge in [0.1, 0.15) is 17.0 Å². The number of rotatable bonds is 3. The highest BCUT2D eigenvalue weighted by Crippen LogP contribution is 2.44. The molecular weight excluding hydrogens is 292 g/mol. The molecule has 1 heterocycles. The van der Waals surface area contributed by atoms with Gasteiger partial charge in [0, 0.05) is 17.6 Å². The number of fused-ring (bicyclic) bond motifs is 1. The largest absolute Gasteiger partial charge is 0.486 e. The summed E-state index contributed by atoms with van der Waals surface area (Å²) in [5.41, 5.74) is 0.408. The molecular formula is C18H26N2O3. The van der Waals surface area contributed by atoms with E-state index in [0.717, 1.165) is 12.2 Å². The second kappa shape index (κ2) is 5.41. The van der Waals surface area contributed by atoms with Gasteiger partial charge in [0.05, 0.1) is 6.04 Å². The summed E-state index contributed by atoms with van der Waals surface area (Å²) < 4.78 is 11.3. The normalized spacial score (nSPS) is 27.8. The summed E-state index contributed by atoms with van der Waals surface area (Å²) in [7, 11) is 0. The molecule has 5 heteroatoms. The summed E-state index contributed by atoms with van der Waals surface area (Å²) in [6.07, 6.45) is 0.558. The highest BCUT2D eigenvalue weighted by atomic mass is 16.6. The van der Waals surface area contributed by atoms with Crippen molar-refractivity contribution in [2.75, 3.05) is 0 Å². The molecule has 1 aliphatic heterocycles. The average molecular weight is 318 g/mol. The van der Waals surface area contributed by atoms with Gasteiger partial charge in [-0.15, -0.1) is 0 Å². The molecule has 0 aromatic heterocycles. The average Bonchev–Trinajstić information content (AvgIpc) is 3.05. The SMILES string of the molecule is CC(C)(C)OC(=O)NC1CC1NC1c2ccccc2OC1(C)C. The second-order valence-electron chi connectivity index (χ2n) is 7.94. The number of hydrogen-bond acceptors (Lipinski definition) is 4. The predicted molar refractivity (Wildman–Crippen MR) is 88.6 cm³/mol. The molecule has 2 N–H and O–H groups in total. The zero-order valence-corrected chi connectivity index (χ0v) is 14.5. The fourth-order valence-corrected chi connectivity index (χ4v) is 3.03. The van der Waals surface area contributed by atoms with Crippen molar-refractivity contribution in [2.45, 2.75) is 70.4 Å². The van der Waals surface area contributed by atoms with E-state index in [4.69, 9.17) is 9.47 Å². The van der Waals surface area contributed by atoms with Gasteiger partial charge in [-0.1, -0.05) is 18.2 Å². The molecule has 1 amide bonds. The predicted octanol–water partition coefficient (Wildman–Crippen LogP) is 3.15. The fourth-order valence-electron chi connectivity index (χ4n) is 3.03. The topological polar surface area (TPSA) is 59.6 Å². The van der Waals surface area contributed by atoms with Crippen LogP contribution in [0, 0.1) is 0 Å². The van der Waals surface area contributed by atoms with Crippen LogP contribution in [-0.2, 0) is 4.74 Å². The molecule has 1 fully saturated rings. The molecule has 0 radical (unpaired) electrons. The van der Waals surface area contributed by atoms with Gasteiger partial charge in [-0.2, -0.15) is 0 Å². The number of para-hydroxylation sites is 1. The summed E-state index contributed by atoms with van der Waals surface area (Å²) >= 11 is 0. The highest BCUT2D eigenvalue weighted by Gasteiger charge is 2.47. The summed E-state index contributed by atoms with van der Waals surface area (Å²) in [4.78, 5) is 11.8. The minimum absolute atomic E-state index is 0.119. The van der Waals surface area contributed by atoms with Crippen molar-refractivity contribution >= 4 is 6.09 Å². The second-order valence-corrected chi connectivity index (χ2v) is 7.94. The molecule has 3 unspecified atom stereocenters. The van der Waals surface area contributed by atoms with Crippen molar-refractivity contribution in [3.8, 4) is 5.75 Å². The van der Waals surface area contributed by atoms with Crippen LogP contribution >= 0.6 is 0 Å². The number of alkyl carbamates (subject to hydrolysis) is 1. The van der Waals surface area contributed by atoms with Gasteiger partial charge in [0.2, 0.25) is 0 Å². The summed E-state index contributed by atoms with van der Waals surface area (Å²) in [6.45, 7) is 9.77. The molecule has 3 rings (SSSR count). The maximum atomic E-state index is 11.8. The number of carbonyl (C=O) groups is 1. The van der Waals surface area contributed by atoms with E-state index >= 15 is 0 Å². The smallest absolute Gasteiger partial charge is 0.407 e. The Kier molecular flexibility index (Phi) is 3.79. The third-order valence-electron chi connectivity index (χ3n) is 4.17. The van der Waals surface area contributed by atoms with Crippen LogP contribution in [0.4, 0.5) is 4.79 Å². The van der Waals surface area contributed by atoms with Crippen LogP contribution < -0.4 is 15.4 Å². The van der Waals surface area contributed by atoms with E-state index in [2.05, 4.69) is 30.5 Å². The van der Waals surface area contributed by atoms with Gasteiger partial charge >= 0.3 is 6.09 Å². The number of carbonyl (C=O) groups excluding carboxylic acids is 1. The Morgan fingerprint density at radius 1 is 1.26 bits per heavy atom. The zero-order chi connectivity index (χ0) is 16.8. The van der Waals surface area contributed by atoms with Crippen molar-refractivity contribution in [1.82, 2.24) is 10.6 Å². The first-order chi connectivity index (χ1) is 10.7. The minimum atomic E-state index is -0.470. The van der Waals surface area contributed by atoms with Crippen LogP contribution in [0.15, 0.2) is 24.3 Å². The Morgan fingerprint density at radius 3 is 2.65 bits per heavy atom. The maximum absolute atomic E-state index is 11.8. The van der Waals surface area contributed by atoms with Crippen LogP contribution in [-0.4, -0.2) is 29.4 Å². The Balaban J connectivity index is 1.58. The molecule has 3 atom stereocenters. The first-order valence-electron chi connectivity index (χ1n) is 8.19. The Morgan fingerprint density at radius 2 is 1.96 bits per heavy atom. The van der Waals surface area contributed by atoms with E-state index in [9.17, 15) is 4.79 Å². The first kappa shape index (κ1) is 16.1. The Hall–Kier alpha value is -1.75. The van der Waals surface area contributed by atoms with Crippen LogP contribution in [0.1, 0.15) is 52.6 Å². The van der Waals surface area contributed by atoms with Gasteiger partial charge in [0.15, 0.2) is 0 Å². The van der Waals surface area contributed by atoms with Crippen LogP contribution in [0.25, 0.3) is 0 Å². The molecule has 0 saturated heterocycles. The van der Waals surface area contributed by atoms with Gasteiger partial charge in [-0.3, -0.25) is 0 Å². The molecule has 1 aliphatic carbocycles. The van der Waals surface area contributed by atoms with Gasteiger partial charge in [0.25, 0.3) is 0 Å². The third-order valence-corrected chi connectivity index (χ3v) is 4.17. The van der Waals surface area contributed by atoms with E-state index < -0.39 is 5.60 Å². The standard InChI is InChI=1S/C18H26N2O3/c1-17(2,3)23-16(21)20-13-10-12(13)19-15-11-8-6-7-9-14(11)22-18(15,4)5/h6-9,12-13,15,19H,10H2,1-5H3,(H,20,21). The van der Waals surface area contributed by atoms with Crippen LogP contribution in [0.5, 0.6) is 5.75 Å². The van der Waals surface area contributed by atoms with Crippen molar-refractivity contribution in [1.29, 1.82) is 0 Å². The molecule has 1 saturated carbocycles.